The zero-order chi connectivity index (χ0) is 9.10. The second kappa shape index (κ2) is 3.95. The maximum Gasteiger partial charge on any atom is 0.0706 e. The largest absolute Gasteiger partial charge is 0.272 e. The van der Waals surface area contributed by atoms with Crippen LogP contribution in [0.2, 0.25) is 0 Å². The predicted molar refractivity (Wildman–Crippen MR) is 52.4 cm³/mol. The third kappa shape index (κ3) is 2.11. The lowest BCUT2D eigenvalue weighted by Crippen LogP contribution is -2.14. The lowest BCUT2D eigenvalue weighted by atomic mass is 9.82. The second-order valence-electron chi connectivity index (χ2n) is 3.98. The second-order valence-corrected chi connectivity index (χ2v) is 3.98. The molecule has 0 N–H and O–H groups in total. The Hall–Kier alpha value is -0.790. The highest BCUT2D eigenvalue weighted by Crippen LogP contribution is 2.28. The number of aromatic nitrogens is 2. The SMILES string of the molecule is CCCn1c[c]c(CC2CCC2)n1. The fourth-order valence-electron chi connectivity index (χ4n) is 1.78. The quantitative estimate of drug-likeness (QED) is 0.690. The van der Waals surface area contributed by atoms with Gasteiger partial charge in [0.15, 0.2) is 0 Å². The van der Waals surface area contributed by atoms with Gasteiger partial charge in [-0.25, -0.2) is 0 Å². The van der Waals surface area contributed by atoms with Crippen LogP contribution in [0.3, 0.4) is 0 Å². The number of rotatable bonds is 4. The maximum atomic E-state index is 4.48. The molecule has 0 saturated heterocycles. The molecule has 1 aliphatic carbocycles. The van der Waals surface area contributed by atoms with E-state index < -0.39 is 0 Å². The van der Waals surface area contributed by atoms with E-state index in [1.807, 2.05) is 10.9 Å². The predicted octanol–water partition coefficient (Wildman–Crippen LogP) is 2.44. The number of hydrogen-bond donors (Lipinski definition) is 0. The van der Waals surface area contributed by atoms with Crippen LogP contribution in [0.5, 0.6) is 0 Å². The van der Waals surface area contributed by atoms with Gasteiger partial charge < -0.3 is 0 Å². The molecule has 71 valence electrons. The number of nitrogens with zero attached hydrogens (tertiary/aromatic N) is 2. The molecule has 1 saturated carbocycles. The van der Waals surface area contributed by atoms with Crippen molar-refractivity contribution in [3.63, 3.8) is 0 Å². The van der Waals surface area contributed by atoms with E-state index in [1.54, 1.807) is 0 Å². The Balaban J connectivity index is 1.88. The lowest BCUT2D eigenvalue weighted by molar-refractivity contribution is 0.311. The monoisotopic (exact) mass is 177 g/mol. The summed E-state index contributed by atoms with van der Waals surface area (Å²) in [7, 11) is 0. The molecule has 0 aromatic carbocycles. The van der Waals surface area contributed by atoms with E-state index in [4.69, 9.17) is 0 Å². The Bertz CT molecular complexity index is 261. The van der Waals surface area contributed by atoms with E-state index in [0.717, 1.165) is 31.0 Å². The Morgan fingerprint density at radius 3 is 3.08 bits per heavy atom. The van der Waals surface area contributed by atoms with Crippen molar-refractivity contribution in [3.8, 4) is 0 Å². The standard InChI is InChI=1S/C11H17N2/c1-2-7-13-8-6-11(12-13)9-10-4-3-5-10/h8,10H,2-5,7,9H2,1H3. The summed E-state index contributed by atoms with van der Waals surface area (Å²) in [5, 5.41) is 4.48. The van der Waals surface area contributed by atoms with Gasteiger partial charge in [0.25, 0.3) is 0 Å². The minimum Gasteiger partial charge on any atom is -0.272 e. The fourth-order valence-corrected chi connectivity index (χ4v) is 1.78. The van der Waals surface area contributed by atoms with Crippen molar-refractivity contribution in [2.75, 3.05) is 0 Å². The molecule has 0 atom stereocenters. The first-order valence-electron chi connectivity index (χ1n) is 5.32. The van der Waals surface area contributed by atoms with Crippen LogP contribution in [0.1, 0.15) is 38.3 Å². The maximum absolute atomic E-state index is 4.48. The van der Waals surface area contributed by atoms with Crippen molar-refractivity contribution in [1.29, 1.82) is 0 Å². The van der Waals surface area contributed by atoms with Gasteiger partial charge in [0.2, 0.25) is 0 Å². The molecular weight excluding hydrogens is 160 g/mol. The Morgan fingerprint density at radius 1 is 1.62 bits per heavy atom. The number of hydrogen-bond acceptors (Lipinski definition) is 1. The molecular formula is C11H17N2. The summed E-state index contributed by atoms with van der Waals surface area (Å²) in [5.41, 5.74) is 1.16. The highest BCUT2D eigenvalue weighted by atomic mass is 15.3. The van der Waals surface area contributed by atoms with Crippen LogP contribution in [0.4, 0.5) is 0 Å². The normalized spacial score (nSPS) is 17.3. The molecule has 0 amide bonds. The van der Waals surface area contributed by atoms with Gasteiger partial charge in [-0.15, -0.1) is 0 Å². The fraction of sp³-hybridized carbons (Fsp3) is 0.727. The van der Waals surface area contributed by atoms with Gasteiger partial charge in [-0.05, 0) is 18.8 Å². The molecule has 1 aromatic rings. The van der Waals surface area contributed by atoms with E-state index in [9.17, 15) is 0 Å². The third-order valence-electron chi connectivity index (χ3n) is 2.79. The van der Waals surface area contributed by atoms with Crippen molar-refractivity contribution in [3.05, 3.63) is 18.0 Å². The van der Waals surface area contributed by atoms with Crippen LogP contribution in [0, 0.1) is 12.0 Å². The van der Waals surface area contributed by atoms with Gasteiger partial charge in [0.05, 0.1) is 5.69 Å². The van der Waals surface area contributed by atoms with Gasteiger partial charge in [0.1, 0.15) is 0 Å². The first kappa shape index (κ1) is 8.79. The topological polar surface area (TPSA) is 17.8 Å². The summed E-state index contributed by atoms with van der Waals surface area (Å²) in [6.45, 7) is 3.20. The van der Waals surface area contributed by atoms with Crippen LogP contribution < -0.4 is 0 Å². The summed E-state index contributed by atoms with van der Waals surface area (Å²) in [5.74, 6) is 0.904. The van der Waals surface area contributed by atoms with E-state index in [0.29, 0.717) is 0 Å². The molecule has 1 radical (unpaired) electrons. The summed E-state index contributed by atoms with van der Waals surface area (Å²) in [6.07, 6.45) is 8.50. The van der Waals surface area contributed by atoms with Crippen LogP contribution in [-0.4, -0.2) is 9.78 Å². The van der Waals surface area contributed by atoms with Gasteiger partial charge in [0, 0.05) is 18.8 Å². The van der Waals surface area contributed by atoms with Gasteiger partial charge in [-0.2, -0.15) is 5.10 Å². The summed E-state index contributed by atoms with van der Waals surface area (Å²) in [6, 6.07) is 3.24. The van der Waals surface area contributed by atoms with Crippen molar-refractivity contribution in [2.24, 2.45) is 5.92 Å². The molecule has 2 rings (SSSR count). The molecule has 0 unspecified atom stereocenters. The molecule has 1 aromatic heterocycles. The average Bonchev–Trinajstić information content (AvgIpc) is 2.46. The van der Waals surface area contributed by atoms with Gasteiger partial charge in [-0.3, -0.25) is 4.68 Å². The molecule has 2 nitrogen and oxygen atoms in total. The van der Waals surface area contributed by atoms with Crippen LogP contribution in [0.15, 0.2) is 6.20 Å². The van der Waals surface area contributed by atoms with Crippen molar-refractivity contribution >= 4 is 0 Å². The van der Waals surface area contributed by atoms with Crippen LogP contribution in [0.25, 0.3) is 0 Å². The molecule has 0 aliphatic heterocycles. The first-order chi connectivity index (χ1) is 6.38. The molecule has 0 spiro atoms. The van der Waals surface area contributed by atoms with Gasteiger partial charge >= 0.3 is 0 Å². The van der Waals surface area contributed by atoms with Crippen LogP contribution in [-0.2, 0) is 13.0 Å². The van der Waals surface area contributed by atoms with E-state index >= 15 is 0 Å². The van der Waals surface area contributed by atoms with Crippen molar-refractivity contribution in [2.45, 2.75) is 45.6 Å². The minimum absolute atomic E-state index is 0.904. The highest BCUT2D eigenvalue weighted by Gasteiger charge is 2.18. The molecule has 0 bridgehead atoms. The third-order valence-corrected chi connectivity index (χ3v) is 2.79. The molecule has 1 fully saturated rings. The van der Waals surface area contributed by atoms with E-state index in [-0.39, 0.29) is 0 Å². The Labute approximate surface area is 80.0 Å². The molecule has 1 aliphatic rings. The van der Waals surface area contributed by atoms with Crippen molar-refractivity contribution < 1.29 is 0 Å². The van der Waals surface area contributed by atoms with Crippen molar-refractivity contribution in [1.82, 2.24) is 9.78 Å². The smallest absolute Gasteiger partial charge is 0.0706 e. The molecule has 13 heavy (non-hydrogen) atoms. The summed E-state index contributed by atoms with van der Waals surface area (Å²) < 4.78 is 2.01. The van der Waals surface area contributed by atoms with Gasteiger partial charge in [-0.1, -0.05) is 26.2 Å². The Kier molecular flexibility index (Phi) is 2.67. The first-order valence-corrected chi connectivity index (χ1v) is 5.32. The molecule has 2 heteroatoms. The average molecular weight is 177 g/mol. The minimum atomic E-state index is 0.904. The Morgan fingerprint density at radius 2 is 2.46 bits per heavy atom. The summed E-state index contributed by atoms with van der Waals surface area (Å²) in [4.78, 5) is 0. The van der Waals surface area contributed by atoms with Crippen LogP contribution >= 0.6 is 0 Å². The number of aryl methyl sites for hydroxylation is 1. The van der Waals surface area contributed by atoms with E-state index in [2.05, 4.69) is 18.1 Å². The van der Waals surface area contributed by atoms with E-state index in [1.165, 1.54) is 19.3 Å². The summed E-state index contributed by atoms with van der Waals surface area (Å²) >= 11 is 0. The zero-order valence-electron chi connectivity index (χ0n) is 8.29. The lowest BCUT2D eigenvalue weighted by Gasteiger charge is -2.23. The molecule has 1 heterocycles. The highest BCUT2D eigenvalue weighted by molar-refractivity contribution is 4.99. The zero-order valence-corrected chi connectivity index (χ0v) is 8.29.